The minimum Gasteiger partial charge on any atom is -0.480 e. The molecule has 0 aromatic rings. The summed E-state index contributed by atoms with van der Waals surface area (Å²) in [6.07, 6.45) is 0. The van der Waals surface area contributed by atoms with Gasteiger partial charge in [-0.05, 0) is 0 Å². The Hall–Kier alpha value is -1.67. The van der Waals surface area contributed by atoms with Crippen LogP contribution in [-0.2, 0) is 19.1 Å². The average Bonchev–Trinajstić information content (AvgIpc) is 2.24. The van der Waals surface area contributed by atoms with Gasteiger partial charge in [-0.2, -0.15) is 0 Å². The Morgan fingerprint density at radius 2 is 1.75 bits per heavy atom. The number of ether oxygens (including phenoxy) is 1. The van der Waals surface area contributed by atoms with Gasteiger partial charge in [-0.3, -0.25) is 14.4 Å². The maximum absolute atomic E-state index is 11.0. The van der Waals surface area contributed by atoms with E-state index in [9.17, 15) is 14.4 Å². The van der Waals surface area contributed by atoms with Gasteiger partial charge < -0.3 is 26.2 Å². The van der Waals surface area contributed by atoms with E-state index in [1.165, 1.54) is 0 Å². The minimum atomic E-state index is -1.15. The van der Waals surface area contributed by atoms with E-state index in [2.05, 4.69) is 10.6 Å². The molecule has 0 aliphatic heterocycles. The van der Waals surface area contributed by atoms with Crippen molar-refractivity contribution in [3.05, 3.63) is 0 Å². The predicted octanol–water partition coefficient (Wildman–Crippen LogP) is -2.72. The second kappa shape index (κ2) is 8.62. The van der Waals surface area contributed by atoms with Crippen molar-refractivity contribution in [2.75, 3.05) is 32.8 Å². The van der Waals surface area contributed by atoms with E-state index in [1.807, 2.05) is 0 Å². The largest absolute Gasteiger partial charge is 0.480 e. The summed E-state index contributed by atoms with van der Waals surface area (Å²) in [7, 11) is 0. The zero-order valence-corrected chi connectivity index (χ0v) is 8.69. The first-order valence-electron chi connectivity index (χ1n) is 4.59. The van der Waals surface area contributed by atoms with Gasteiger partial charge in [0.05, 0.1) is 13.2 Å². The number of hydrogen-bond acceptors (Lipinski definition) is 5. The van der Waals surface area contributed by atoms with Crippen LogP contribution in [0.15, 0.2) is 0 Å². The van der Waals surface area contributed by atoms with E-state index in [-0.39, 0.29) is 19.8 Å². The van der Waals surface area contributed by atoms with E-state index in [0.717, 1.165) is 0 Å². The van der Waals surface area contributed by atoms with Crippen LogP contribution in [-0.4, -0.2) is 55.7 Å². The molecule has 5 N–H and O–H groups in total. The second-order valence-corrected chi connectivity index (χ2v) is 2.79. The number of aliphatic carboxylic acids is 1. The van der Waals surface area contributed by atoms with Gasteiger partial charge in [0, 0.05) is 6.54 Å². The third-order valence-electron chi connectivity index (χ3n) is 1.38. The molecule has 0 aliphatic rings. The van der Waals surface area contributed by atoms with Crippen LogP contribution in [0.2, 0.25) is 0 Å². The van der Waals surface area contributed by atoms with E-state index in [4.69, 9.17) is 15.6 Å². The molecule has 0 saturated heterocycles. The number of nitrogens with two attached hydrogens (primary N) is 1. The molecule has 0 radical (unpaired) electrons. The Morgan fingerprint density at radius 1 is 1.12 bits per heavy atom. The van der Waals surface area contributed by atoms with Crippen LogP contribution in [0, 0.1) is 0 Å². The molecule has 0 spiro atoms. The van der Waals surface area contributed by atoms with Gasteiger partial charge in [-0.25, -0.2) is 0 Å². The molecular formula is C8H15N3O5. The smallest absolute Gasteiger partial charge is 0.322 e. The topological polar surface area (TPSA) is 131 Å². The first-order chi connectivity index (χ1) is 7.56. The molecule has 0 heterocycles. The van der Waals surface area contributed by atoms with Crippen LogP contribution in [0.25, 0.3) is 0 Å². The maximum Gasteiger partial charge on any atom is 0.322 e. The number of rotatable bonds is 8. The zero-order chi connectivity index (χ0) is 12.4. The molecule has 0 bridgehead atoms. The molecule has 0 unspecified atom stereocenters. The molecule has 0 atom stereocenters. The van der Waals surface area contributed by atoms with Gasteiger partial charge in [0.1, 0.15) is 13.2 Å². The average molecular weight is 233 g/mol. The van der Waals surface area contributed by atoms with Crippen LogP contribution in [0.4, 0.5) is 0 Å². The SMILES string of the molecule is NCCOCC(=O)NCC(=O)NCC(=O)O. The van der Waals surface area contributed by atoms with Crippen LogP contribution >= 0.6 is 0 Å². The highest BCUT2D eigenvalue weighted by Gasteiger charge is 2.06. The summed E-state index contributed by atoms with van der Waals surface area (Å²) >= 11 is 0. The summed E-state index contributed by atoms with van der Waals surface area (Å²) in [4.78, 5) is 32.0. The second-order valence-electron chi connectivity index (χ2n) is 2.79. The van der Waals surface area contributed by atoms with Crippen molar-refractivity contribution in [2.24, 2.45) is 5.73 Å². The molecule has 2 amide bonds. The van der Waals surface area contributed by atoms with Crippen molar-refractivity contribution >= 4 is 17.8 Å². The van der Waals surface area contributed by atoms with E-state index in [0.29, 0.717) is 6.54 Å². The molecule has 0 fully saturated rings. The molecule has 8 heteroatoms. The lowest BCUT2D eigenvalue weighted by Gasteiger charge is -2.05. The highest BCUT2D eigenvalue weighted by atomic mass is 16.5. The summed E-state index contributed by atoms with van der Waals surface area (Å²) in [5.41, 5.74) is 5.13. The van der Waals surface area contributed by atoms with Crippen LogP contribution in [0.5, 0.6) is 0 Å². The van der Waals surface area contributed by atoms with E-state index < -0.39 is 24.3 Å². The number of carbonyl (C=O) groups is 3. The fourth-order valence-electron chi connectivity index (χ4n) is 0.715. The fourth-order valence-corrected chi connectivity index (χ4v) is 0.715. The zero-order valence-electron chi connectivity index (χ0n) is 8.69. The van der Waals surface area contributed by atoms with Gasteiger partial charge in [-0.15, -0.1) is 0 Å². The minimum absolute atomic E-state index is 0.177. The van der Waals surface area contributed by atoms with Crippen molar-refractivity contribution in [1.29, 1.82) is 0 Å². The number of amides is 2. The summed E-state index contributed by atoms with van der Waals surface area (Å²) in [5, 5.41) is 12.6. The third-order valence-corrected chi connectivity index (χ3v) is 1.38. The first kappa shape index (κ1) is 14.3. The molecule has 0 aliphatic carbocycles. The van der Waals surface area contributed by atoms with Gasteiger partial charge in [0.15, 0.2) is 0 Å². The van der Waals surface area contributed by atoms with Crippen LogP contribution in [0.1, 0.15) is 0 Å². The van der Waals surface area contributed by atoms with Crippen molar-refractivity contribution in [3.63, 3.8) is 0 Å². The molecule has 16 heavy (non-hydrogen) atoms. The summed E-state index contributed by atoms with van der Waals surface area (Å²) in [6, 6.07) is 0. The van der Waals surface area contributed by atoms with Crippen LogP contribution < -0.4 is 16.4 Å². The standard InChI is InChI=1S/C8H15N3O5/c9-1-2-16-5-7(13)10-3-6(12)11-4-8(14)15/h1-5,9H2,(H,10,13)(H,11,12)(H,14,15). The predicted molar refractivity (Wildman–Crippen MR) is 53.5 cm³/mol. The van der Waals surface area contributed by atoms with E-state index >= 15 is 0 Å². The Morgan fingerprint density at radius 3 is 2.31 bits per heavy atom. The van der Waals surface area contributed by atoms with Gasteiger partial charge >= 0.3 is 5.97 Å². The highest BCUT2D eigenvalue weighted by Crippen LogP contribution is 1.74. The number of carboxylic acid groups (broad SMARTS) is 1. The number of hydrogen-bond donors (Lipinski definition) is 4. The lowest BCUT2D eigenvalue weighted by atomic mass is 10.5. The summed E-state index contributed by atoms with van der Waals surface area (Å²) in [6.45, 7) is -0.356. The van der Waals surface area contributed by atoms with Crippen LogP contribution in [0.3, 0.4) is 0 Å². The normalized spacial score (nSPS) is 9.56. The molecule has 92 valence electrons. The monoisotopic (exact) mass is 233 g/mol. The number of carboxylic acids is 1. The molecule has 8 nitrogen and oxygen atoms in total. The maximum atomic E-state index is 11.0. The van der Waals surface area contributed by atoms with E-state index in [1.54, 1.807) is 0 Å². The number of nitrogens with one attached hydrogen (secondary N) is 2. The Bertz CT molecular complexity index is 256. The highest BCUT2D eigenvalue weighted by molar-refractivity contribution is 5.86. The van der Waals surface area contributed by atoms with Gasteiger partial charge in [0.25, 0.3) is 0 Å². The molecule has 0 rings (SSSR count). The Balaban J connectivity index is 3.51. The third kappa shape index (κ3) is 8.91. The fraction of sp³-hybridized carbons (Fsp3) is 0.625. The molecular weight excluding hydrogens is 218 g/mol. The quantitative estimate of drug-likeness (QED) is 0.337. The van der Waals surface area contributed by atoms with Gasteiger partial charge in [0.2, 0.25) is 11.8 Å². The molecule has 0 aromatic heterocycles. The van der Waals surface area contributed by atoms with Crippen molar-refractivity contribution in [1.82, 2.24) is 10.6 Å². The lowest BCUT2D eigenvalue weighted by Crippen LogP contribution is -2.40. The van der Waals surface area contributed by atoms with Gasteiger partial charge in [-0.1, -0.05) is 0 Å². The summed E-state index contributed by atoms with van der Waals surface area (Å²) in [5.74, 6) is -2.18. The van der Waals surface area contributed by atoms with Crippen molar-refractivity contribution in [3.8, 4) is 0 Å². The lowest BCUT2D eigenvalue weighted by molar-refractivity contribution is -0.137. The Kier molecular flexibility index (Phi) is 7.72. The van der Waals surface area contributed by atoms with Crippen molar-refractivity contribution in [2.45, 2.75) is 0 Å². The van der Waals surface area contributed by atoms with Crippen molar-refractivity contribution < 1.29 is 24.2 Å². The molecule has 0 aromatic carbocycles. The number of carbonyl (C=O) groups excluding carboxylic acids is 2. The Labute approximate surface area is 92.1 Å². The molecule has 0 saturated carbocycles. The summed E-state index contributed by atoms with van der Waals surface area (Å²) < 4.78 is 4.81. The first-order valence-corrected chi connectivity index (χ1v) is 4.59.